The van der Waals surface area contributed by atoms with Gasteiger partial charge in [0.1, 0.15) is 0 Å². The maximum absolute atomic E-state index is 10.3. The molecule has 0 saturated heterocycles. The Morgan fingerprint density at radius 1 is 1.43 bits per heavy atom. The van der Waals surface area contributed by atoms with Crippen LogP contribution >= 0.6 is 0 Å². The van der Waals surface area contributed by atoms with Crippen LogP contribution in [0.1, 0.15) is 0 Å². The molecule has 0 aliphatic heterocycles. The van der Waals surface area contributed by atoms with E-state index in [0.717, 1.165) is 0 Å². The third kappa shape index (κ3) is 2.70. The molecule has 0 saturated carbocycles. The Hall–Kier alpha value is 0.0338. The van der Waals surface area contributed by atoms with Gasteiger partial charge in [-0.2, -0.15) is 0 Å². The van der Waals surface area contributed by atoms with Gasteiger partial charge in [0.25, 0.3) is 0 Å². The molecule has 0 atom stereocenters. The highest BCUT2D eigenvalue weighted by Crippen LogP contribution is 1.96. The summed E-state index contributed by atoms with van der Waals surface area (Å²) in [6.07, 6.45) is 0. The molecule has 0 heterocycles. The zero-order valence-electron chi connectivity index (χ0n) is 4.86. The van der Waals surface area contributed by atoms with E-state index in [0.29, 0.717) is 0 Å². The van der Waals surface area contributed by atoms with Crippen molar-refractivity contribution in [3.05, 3.63) is 0 Å². The van der Waals surface area contributed by atoms with E-state index in [9.17, 15) is 4.46 Å². The highest BCUT2D eigenvalue weighted by Gasteiger charge is 2.26. The molecule has 42 valence electrons. The minimum atomic E-state index is -2.16. The van der Waals surface area contributed by atoms with Crippen LogP contribution in [0.4, 0.5) is 0 Å². The van der Waals surface area contributed by atoms with Gasteiger partial charge in [-0.3, -0.25) is 0 Å². The van der Waals surface area contributed by atoms with Crippen molar-refractivity contribution in [2.75, 3.05) is 0 Å². The first-order valence-corrected chi connectivity index (χ1v) is 8.03. The normalized spacial score (nSPS) is 11.3. The molecule has 0 spiro atoms. The van der Waals surface area contributed by atoms with Crippen LogP contribution in [0.15, 0.2) is 0 Å². The van der Waals surface area contributed by atoms with Gasteiger partial charge in [-0.15, -0.1) is 0 Å². The summed E-state index contributed by atoms with van der Waals surface area (Å²) in [6, 6.07) is 0. The van der Waals surface area contributed by atoms with Gasteiger partial charge in [0.2, 0.25) is 0 Å². The fourth-order valence-corrected chi connectivity index (χ4v) is 0. The predicted molar refractivity (Wildman–Crippen MR) is 32.0 cm³/mol. The molecule has 0 aliphatic rings. The average molecular weight is 134 g/mol. The molecule has 0 fully saturated rings. The van der Waals surface area contributed by atoms with Crippen molar-refractivity contribution in [1.29, 1.82) is 0 Å². The van der Waals surface area contributed by atoms with Gasteiger partial charge in [-0.1, -0.05) is 19.6 Å². The minimum Gasteiger partial charge on any atom is -0.542 e. The van der Waals surface area contributed by atoms with Crippen LogP contribution in [0.5, 0.6) is 0 Å². The fourth-order valence-electron chi connectivity index (χ4n) is 0. The van der Waals surface area contributed by atoms with Crippen LogP contribution in [0, 0.1) is 0 Å². The van der Waals surface area contributed by atoms with E-state index in [1.807, 2.05) is 19.6 Å². The summed E-state index contributed by atoms with van der Waals surface area (Å²) in [5.74, 6) is 0. The Kier molecular flexibility index (Phi) is 1.88. The standard InChI is InChI=1S/C3H10O2Si2/c1-7(2,3)6(4)5/h4H,1-3H3. The molecule has 0 aromatic rings. The van der Waals surface area contributed by atoms with Crippen LogP contribution in [0.2, 0.25) is 19.6 Å². The zero-order chi connectivity index (χ0) is 6.08. The highest BCUT2D eigenvalue weighted by molar-refractivity contribution is 7.23. The largest absolute Gasteiger partial charge is 0.542 e. The monoisotopic (exact) mass is 134 g/mol. The SMILES string of the molecule is C[Si](C)(C)[Si](=O)O. The molecule has 4 heteroatoms. The van der Waals surface area contributed by atoms with Gasteiger partial charge in [0.05, 0.1) is 0 Å². The summed E-state index contributed by atoms with van der Waals surface area (Å²) >= 11 is 0. The van der Waals surface area contributed by atoms with Crippen molar-refractivity contribution in [2.45, 2.75) is 19.6 Å². The Bertz CT molecular complexity index is 83.4. The van der Waals surface area contributed by atoms with E-state index < -0.39 is 16.0 Å². The van der Waals surface area contributed by atoms with Crippen LogP contribution < -0.4 is 0 Å². The van der Waals surface area contributed by atoms with Gasteiger partial charge < -0.3 is 9.26 Å². The number of hydrogen-bond donors (Lipinski definition) is 1. The summed E-state index contributed by atoms with van der Waals surface area (Å²) in [4.78, 5) is 8.50. The molecule has 2 nitrogen and oxygen atoms in total. The zero-order valence-corrected chi connectivity index (χ0v) is 6.86. The number of rotatable bonds is 1. The molecule has 0 aromatic carbocycles. The Balaban J connectivity index is 3.79. The average Bonchev–Trinajstić information content (AvgIpc) is 1.31. The maximum Gasteiger partial charge on any atom is 0.466 e. The van der Waals surface area contributed by atoms with E-state index in [1.54, 1.807) is 0 Å². The molecule has 0 bridgehead atoms. The molecular formula is C3H10O2Si2. The van der Waals surface area contributed by atoms with E-state index in [-0.39, 0.29) is 0 Å². The first-order chi connectivity index (χ1) is 2.94. The molecule has 0 unspecified atom stereocenters. The second kappa shape index (κ2) is 1.87. The summed E-state index contributed by atoms with van der Waals surface area (Å²) in [6.45, 7) is 5.65. The summed E-state index contributed by atoms with van der Waals surface area (Å²) in [7, 11) is -3.79. The molecular weight excluding hydrogens is 124 g/mol. The van der Waals surface area contributed by atoms with Gasteiger partial charge in [0, 0.05) is 0 Å². The smallest absolute Gasteiger partial charge is 0.466 e. The molecule has 0 rings (SSSR count). The van der Waals surface area contributed by atoms with Crippen molar-refractivity contribution in [3.8, 4) is 0 Å². The lowest BCUT2D eigenvalue weighted by Gasteiger charge is -2.03. The molecule has 7 heavy (non-hydrogen) atoms. The molecule has 0 aromatic heterocycles. The minimum absolute atomic E-state index is 1.63. The molecule has 0 aliphatic carbocycles. The fraction of sp³-hybridized carbons (Fsp3) is 1.00. The van der Waals surface area contributed by atoms with Crippen molar-refractivity contribution in [2.24, 2.45) is 0 Å². The Labute approximate surface area is 45.8 Å². The lowest BCUT2D eigenvalue weighted by atomic mass is 11.8. The summed E-state index contributed by atoms with van der Waals surface area (Å²) in [5.41, 5.74) is 0. The quantitative estimate of drug-likeness (QED) is 0.524. The van der Waals surface area contributed by atoms with Crippen molar-refractivity contribution in [1.82, 2.24) is 0 Å². The first-order valence-electron chi connectivity index (χ1n) is 2.18. The van der Waals surface area contributed by atoms with Crippen LogP contribution in [-0.4, -0.2) is 20.8 Å². The van der Waals surface area contributed by atoms with Crippen molar-refractivity contribution in [3.63, 3.8) is 0 Å². The third-order valence-corrected chi connectivity index (χ3v) is 5.77. The summed E-state index contributed by atoms with van der Waals surface area (Å²) < 4.78 is 10.3. The molecule has 0 radical (unpaired) electrons. The first kappa shape index (κ1) is 7.03. The Morgan fingerprint density at radius 2 is 1.57 bits per heavy atom. The van der Waals surface area contributed by atoms with E-state index in [4.69, 9.17) is 4.80 Å². The number of hydrogen-bond acceptors (Lipinski definition) is 1. The Morgan fingerprint density at radius 3 is 1.57 bits per heavy atom. The van der Waals surface area contributed by atoms with Crippen LogP contribution in [0.25, 0.3) is 0 Å². The van der Waals surface area contributed by atoms with E-state index in [2.05, 4.69) is 0 Å². The van der Waals surface area contributed by atoms with Gasteiger partial charge >= 0.3 is 8.44 Å². The van der Waals surface area contributed by atoms with Gasteiger partial charge in [0.15, 0.2) is 7.59 Å². The molecule has 0 amide bonds. The second-order valence-corrected chi connectivity index (χ2v) is 13.4. The van der Waals surface area contributed by atoms with Gasteiger partial charge in [-0.05, 0) is 0 Å². The van der Waals surface area contributed by atoms with Crippen LogP contribution in [0.3, 0.4) is 0 Å². The third-order valence-electron chi connectivity index (χ3n) is 0.642. The lowest BCUT2D eigenvalue weighted by molar-refractivity contribution is 0.465. The summed E-state index contributed by atoms with van der Waals surface area (Å²) in [5, 5.41) is 0. The predicted octanol–water partition coefficient (Wildman–Crippen LogP) is 0.314. The van der Waals surface area contributed by atoms with Crippen molar-refractivity contribution < 1.29 is 9.26 Å². The second-order valence-electron chi connectivity index (χ2n) is 2.56. The molecule has 1 N–H and O–H groups in total. The van der Waals surface area contributed by atoms with Crippen molar-refractivity contribution >= 4 is 16.0 Å². The van der Waals surface area contributed by atoms with Crippen LogP contribution in [-0.2, 0) is 4.46 Å². The van der Waals surface area contributed by atoms with Gasteiger partial charge in [-0.25, -0.2) is 0 Å². The topological polar surface area (TPSA) is 37.3 Å². The highest BCUT2D eigenvalue weighted by atomic mass is 29.2. The van der Waals surface area contributed by atoms with E-state index >= 15 is 0 Å². The maximum atomic E-state index is 10.3. The van der Waals surface area contributed by atoms with E-state index in [1.165, 1.54) is 0 Å². The lowest BCUT2D eigenvalue weighted by Crippen LogP contribution is -2.35.